The minimum atomic E-state index is -0.353. The van der Waals surface area contributed by atoms with Crippen molar-refractivity contribution in [1.29, 1.82) is 0 Å². The van der Waals surface area contributed by atoms with E-state index in [4.69, 9.17) is 9.47 Å². The molecule has 1 saturated heterocycles. The highest BCUT2D eigenvalue weighted by Crippen LogP contribution is 2.31. The van der Waals surface area contributed by atoms with Crippen LogP contribution in [0.3, 0.4) is 0 Å². The Balaban J connectivity index is 1.33. The van der Waals surface area contributed by atoms with Crippen LogP contribution in [0.4, 0.5) is 5.69 Å². The molecule has 29 heavy (non-hydrogen) atoms. The SMILES string of the molecule is Cc1ccc2nc(-c3ccc(NC(=O)COC(=O)C4CCOCC4)cc3)sc2c1. The van der Waals surface area contributed by atoms with Gasteiger partial charge < -0.3 is 14.8 Å². The largest absolute Gasteiger partial charge is 0.455 e. The molecule has 1 amide bonds. The van der Waals surface area contributed by atoms with E-state index >= 15 is 0 Å². The Hall–Kier alpha value is -2.77. The summed E-state index contributed by atoms with van der Waals surface area (Å²) in [5.74, 6) is -0.855. The van der Waals surface area contributed by atoms with Crippen LogP contribution in [0.25, 0.3) is 20.8 Å². The van der Waals surface area contributed by atoms with Gasteiger partial charge in [-0.2, -0.15) is 0 Å². The third-order valence-electron chi connectivity index (χ3n) is 4.86. The molecular formula is C22H22N2O4S. The van der Waals surface area contributed by atoms with Crippen LogP contribution in [0.5, 0.6) is 0 Å². The Morgan fingerprint density at radius 1 is 1.17 bits per heavy atom. The number of carbonyl (C=O) groups is 2. The topological polar surface area (TPSA) is 77.5 Å². The Kier molecular flexibility index (Phi) is 5.87. The molecule has 0 spiro atoms. The lowest BCUT2D eigenvalue weighted by molar-refractivity contribution is -0.154. The molecule has 150 valence electrons. The quantitative estimate of drug-likeness (QED) is 0.639. The number of nitrogens with zero attached hydrogens (tertiary/aromatic N) is 1. The van der Waals surface area contributed by atoms with Crippen LogP contribution in [0, 0.1) is 12.8 Å². The summed E-state index contributed by atoms with van der Waals surface area (Å²) in [5, 5.41) is 3.69. The fourth-order valence-corrected chi connectivity index (χ4v) is 4.31. The number of hydrogen-bond acceptors (Lipinski definition) is 6. The molecular weight excluding hydrogens is 388 g/mol. The van der Waals surface area contributed by atoms with Gasteiger partial charge in [-0.1, -0.05) is 6.07 Å². The Labute approximate surface area is 172 Å². The highest BCUT2D eigenvalue weighted by Gasteiger charge is 2.23. The molecule has 7 heteroatoms. The minimum Gasteiger partial charge on any atom is -0.455 e. The summed E-state index contributed by atoms with van der Waals surface area (Å²) in [7, 11) is 0. The number of ether oxygens (including phenoxy) is 2. The van der Waals surface area contributed by atoms with Crippen molar-refractivity contribution in [3.05, 3.63) is 48.0 Å². The van der Waals surface area contributed by atoms with E-state index in [0.717, 1.165) is 20.8 Å². The number of amides is 1. The second-order valence-electron chi connectivity index (χ2n) is 7.11. The predicted molar refractivity (Wildman–Crippen MR) is 113 cm³/mol. The fraction of sp³-hybridized carbons (Fsp3) is 0.318. The van der Waals surface area contributed by atoms with Gasteiger partial charge in [0, 0.05) is 24.5 Å². The first-order chi connectivity index (χ1) is 14.1. The standard InChI is InChI=1S/C22H22N2O4S/c1-14-2-7-18-19(12-14)29-21(24-18)15-3-5-17(6-4-15)23-20(25)13-28-22(26)16-8-10-27-11-9-16/h2-7,12,16H,8-11,13H2,1H3,(H,23,25). The normalized spacial score (nSPS) is 14.7. The number of esters is 1. The summed E-state index contributed by atoms with van der Waals surface area (Å²) < 4.78 is 11.5. The van der Waals surface area contributed by atoms with Gasteiger partial charge in [-0.05, 0) is 61.7 Å². The lowest BCUT2D eigenvalue weighted by Gasteiger charge is -2.20. The van der Waals surface area contributed by atoms with Gasteiger partial charge in [0.15, 0.2) is 6.61 Å². The average molecular weight is 410 g/mol. The van der Waals surface area contributed by atoms with Gasteiger partial charge in [0.1, 0.15) is 5.01 Å². The highest BCUT2D eigenvalue weighted by atomic mass is 32.1. The number of thiazole rings is 1. The first kappa shape index (κ1) is 19.5. The van der Waals surface area contributed by atoms with E-state index in [0.29, 0.717) is 31.7 Å². The number of rotatable bonds is 5. The van der Waals surface area contributed by atoms with Gasteiger partial charge in [0.05, 0.1) is 16.1 Å². The molecule has 1 aliphatic heterocycles. The zero-order valence-corrected chi connectivity index (χ0v) is 17.0. The predicted octanol–water partition coefficient (Wildman–Crippen LogP) is 4.18. The van der Waals surface area contributed by atoms with Crippen LogP contribution in [0.1, 0.15) is 18.4 Å². The van der Waals surface area contributed by atoms with Gasteiger partial charge in [0.2, 0.25) is 0 Å². The van der Waals surface area contributed by atoms with Crippen LogP contribution >= 0.6 is 11.3 Å². The number of anilines is 1. The summed E-state index contributed by atoms with van der Waals surface area (Å²) in [6.45, 7) is 2.91. The molecule has 0 radical (unpaired) electrons. The summed E-state index contributed by atoms with van der Waals surface area (Å²) in [6.07, 6.45) is 1.29. The van der Waals surface area contributed by atoms with Gasteiger partial charge in [-0.15, -0.1) is 11.3 Å². The number of aromatic nitrogens is 1. The van der Waals surface area contributed by atoms with E-state index in [1.54, 1.807) is 11.3 Å². The molecule has 1 aliphatic rings. The monoisotopic (exact) mass is 410 g/mol. The van der Waals surface area contributed by atoms with Crippen molar-refractivity contribution in [2.24, 2.45) is 5.92 Å². The second kappa shape index (κ2) is 8.71. The number of hydrogen-bond donors (Lipinski definition) is 1. The molecule has 0 aliphatic carbocycles. The molecule has 0 saturated carbocycles. The maximum atomic E-state index is 12.1. The molecule has 0 atom stereocenters. The number of carbonyl (C=O) groups excluding carboxylic acids is 2. The van der Waals surface area contributed by atoms with E-state index < -0.39 is 0 Å². The Morgan fingerprint density at radius 2 is 1.93 bits per heavy atom. The Morgan fingerprint density at radius 3 is 2.69 bits per heavy atom. The van der Waals surface area contributed by atoms with Crippen molar-refractivity contribution in [2.45, 2.75) is 19.8 Å². The van der Waals surface area contributed by atoms with E-state index in [2.05, 4.69) is 29.4 Å². The number of nitrogens with one attached hydrogen (secondary N) is 1. The summed E-state index contributed by atoms with van der Waals surface area (Å²) in [5.41, 5.74) is 3.84. The maximum absolute atomic E-state index is 12.1. The first-order valence-electron chi connectivity index (χ1n) is 9.60. The van der Waals surface area contributed by atoms with Gasteiger partial charge >= 0.3 is 5.97 Å². The summed E-state index contributed by atoms with van der Waals surface area (Å²) >= 11 is 1.64. The zero-order chi connectivity index (χ0) is 20.2. The molecule has 2 heterocycles. The average Bonchev–Trinajstić information content (AvgIpc) is 3.16. The van der Waals surface area contributed by atoms with Crippen LogP contribution in [-0.4, -0.2) is 36.7 Å². The molecule has 1 aromatic heterocycles. The minimum absolute atomic E-state index is 0.173. The van der Waals surface area contributed by atoms with Crippen LogP contribution in [0.2, 0.25) is 0 Å². The van der Waals surface area contributed by atoms with Crippen molar-refractivity contribution < 1.29 is 19.1 Å². The molecule has 0 bridgehead atoms. The number of aryl methyl sites for hydroxylation is 1. The fourth-order valence-electron chi connectivity index (χ4n) is 3.24. The van der Waals surface area contributed by atoms with Crippen molar-refractivity contribution in [1.82, 2.24) is 4.98 Å². The number of fused-ring (bicyclic) bond motifs is 1. The number of benzene rings is 2. The molecule has 3 aromatic rings. The molecule has 1 N–H and O–H groups in total. The third-order valence-corrected chi connectivity index (χ3v) is 5.93. The zero-order valence-electron chi connectivity index (χ0n) is 16.1. The third kappa shape index (κ3) is 4.81. The van der Waals surface area contributed by atoms with Crippen LogP contribution in [-0.2, 0) is 19.1 Å². The van der Waals surface area contributed by atoms with Gasteiger partial charge in [-0.25, -0.2) is 4.98 Å². The molecule has 4 rings (SSSR count). The molecule has 0 unspecified atom stereocenters. The summed E-state index contributed by atoms with van der Waals surface area (Å²) in [6, 6.07) is 13.7. The second-order valence-corrected chi connectivity index (χ2v) is 8.14. The van der Waals surface area contributed by atoms with Crippen LogP contribution in [0.15, 0.2) is 42.5 Å². The van der Waals surface area contributed by atoms with Crippen molar-refractivity contribution >= 4 is 39.1 Å². The van der Waals surface area contributed by atoms with Gasteiger partial charge in [-0.3, -0.25) is 9.59 Å². The maximum Gasteiger partial charge on any atom is 0.309 e. The van der Waals surface area contributed by atoms with E-state index in [1.807, 2.05) is 30.3 Å². The van der Waals surface area contributed by atoms with Crippen molar-refractivity contribution in [3.8, 4) is 10.6 Å². The van der Waals surface area contributed by atoms with E-state index in [1.165, 1.54) is 5.56 Å². The van der Waals surface area contributed by atoms with Crippen molar-refractivity contribution in [2.75, 3.05) is 25.1 Å². The van der Waals surface area contributed by atoms with Crippen molar-refractivity contribution in [3.63, 3.8) is 0 Å². The smallest absolute Gasteiger partial charge is 0.309 e. The molecule has 6 nitrogen and oxygen atoms in total. The van der Waals surface area contributed by atoms with Crippen LogP contribution < -0.4 is 5.32 Å². The Bertz CT molecular complexity index is 1020. The molecule has 2 aromatic carbocycles. The molecule has 1 fully saturated rings. The summed E-state index contributed by atoms with van der Waals surface area (Å²) in [4.78, 5) is 28.7. The van der Waals surface area contributed by atoms with E-state index in [-0.39, 0.29) is 24.4 Å². The lowest BCUT2D eigenvalue weighted by atomic mass is 10.0. The highest BCUT2D eigenvalue weighted by molar-refractivity contribution is 7.21. The first-order valence-corrected chi connectivity index (χ1v) is 10.4. The lowest BCUT2D eigenvalue weighted by Crippen LogP contribution is -2.28. The van der Waals surface area contributed by atoms with E-state index in [9.17, 15) is 9.59 Å². The van der Waals surface area contributed by atoms with Gasteiger partial charge in [0.25, 0.3) is 5.91 Å².